The van der Waals surface area contributed by atoms with Gasteiger partial charge in [-0.25, -0.2) is 0 Å². The summed E-state index contributed by atoms with van der Waals surface area (Å²) in [4.78, 5) is 24.6. The molecule has 0 aliphatic rings. The number of ether oxygens (including phenoxy) is 1. The van der Waals surface area contributed by atoms with Gasteiger partial charge in [-0.05, 0) is 32.1 Å². The summed E-state index contributed by atoms with van der Waals surface area (Å²) in [5.41, 5.74) is 0. The number of aliphatic hydroxyl groups excluding tert-OH is 2. The Labute approximate surface area is 476 Å². The zero-order valence-electron chi connectivity index (χ0n) is 51.8. The van der Waals surface area contributed by atoms with E-state index < -0.39 is 12.1 Å². The van der Waals surface area contributed by atoms with Gasteiger partial charge in [0.2, 0.25) is 5.91 Å². The predicted molar refractivity (Wildman–Crippen MR) is 333 cm³/mol. The second-order valence-electron chi connectivity index (χ2n) is 24.2. The number of unbranched alkanes of at least 4 members (excludes halogenated alkanes) is 55. The van der Waals surface area contributed by atoms with Gasteiger partial charge in [-0.15, -0.1) is 0 Å². The van der Waals surface area contributed by atoms with Gasteiger partial charge in [0.05, 0.1) is 25.4 Å². The highest BCUT2D eigenvalue weighted by Gasteiger charge is 2.18. The molecule has 0 heterocycles. The molecule has 1 amide bonds. The molecule has 0 aromatic carbocycles. The Kier molecular flexibility index (Phi) is 64.9. The maximum Gasteiger partial charge on any atom is 0.305 e. The van der Waals surface area contributed by atoms with E-state index >= 15 is 0 Å². The molecule has 0 bridgehead atoms. The Morgan fingerprint density at radius 3 is 0.895 bits per heavy atom. The van der Waals surface area contributed by atoms with Crippen molar-refractivity contribution < 1.29 is 24.5 Å². The van der Waals surface area contributed by atoms with E-state index in [-0.39, 0.29) is 18.5 Å². The largest absolute Gasteiger partial charge is 0.466 e. The van der Waals surface area contributed by atoms with Crippen LogP contribution in [0.3, 0.4) is 0 Å². The first kappa shape index (κ1) is 74.6. The number of nitrogens with one attached hydrogen (secondary N) is 1. The lowest BCUT2D eigenvalue weighted by Crippen LogP contribution is -2.45. The second-order valence-corrected chi connectivity index (χ2v) is 24.2. The van der Waals surface area contributed by atoms with Gasteiger partial charge in [0.1, 0.15) is 0 Å². The lowest BCUT2D eigenvalue weighted by molar-refractivity contribution is -0.143. The highest BCUT2D eigenvalue weighted by Crippen LogP contribution is 2.19. The molecule has 0 radical (unpaired) electrons. The quantitative estimate of drug-likeness (QED) is 0.0320. The third kappa shape index (κ3) is 61.8. The third-order valence-electron chi connectivity index (χ3n) is 16.6. The van der Waals surface area contributed by atoms with Gasteiger partial charge in [-0.2, -0.15) is 0 Å². The van der Waals surface area contributed by atoms with Gasteiger partial charge in [0, 0.05) is 12.8 Å². The standard InChI is InChI=1S/C70H137NO5/c1-3-5-7-9-11-13-15-17-18-19-20-21-27-30-33-36-39-42-46-50-54-58-62-68(73)67(66-72)71-69(74)63-59-55-51-47-43-40-37-34-31-28-25-23-22-24-26-29-32-35-38-41-45-49-53-57-61-65-76-70(75)64-60-56-52-48-44-16-14-12-10-8-6-4-2/h58,62,67-68,72-73H,3-57,59-61,63-66H2,1-2H3,(H,71,74)/b62-58+. The summed E-state index contributed by atoms with van der Waals surface area (Å²) in [5.74, 6) is -0.0439. The van der Waals surface area contributed by atoms with Crippen LogP contribution in [0.1, 0.15) is 399 Å². The molecule has 76 heavy (non-hydrogen) atoms. The zero-order chi connectivity index (χ0) is 55.0. The predicted octanol–water partition coefficient (Wildman–Crippen LogP) is 22.4. The molecule has 6 nitrogen and oxygen atoms in total. The molecule has 0 aliphatic carbocycles. The minimum Gasteiger partial charge on any atom is -0.466 e. The number of aliphatic hydroxyl groups is 2. The SMILES string of the molecule is CCCCCCCCCCCCCCCCCCCCCC/C=C/C(O)C(CO)NC(=O)CCCCCCCCCCCCCCCCCCCCCCCCCCCOC(=O)CCCCCCCCCCCCCC. The number of esters is 1. The van der Waals surface area contributed by atoms with Gasteiger partial charge in [0.15, 0.2) is 0 Å². The fraction of sp³-hybridized carbons (Fsp3) is 0.943. The number of hydrogen-bond donors (Lipinski definition) is 3. The van der Waals surface area contributed by atoms with Crippen molar-refractivity contribution in [2.24, 2.45) is 0 Å². The monoisotopic (exact) mass is 1070 g/mol. The van der Waals surface area contributed by atoms with Crippen molar-refractivity contribution in [3.63, 3.8) is 0 Å². The molecule has 0 saturated heterocycles. The van der Waals surface area contributed by atoms with Crippen LogP contribution in [0, 0.1) is 0 Å². The van der Waals surface area contributed by atoms with Crippen LogP contribution < -0.4 is 5.32 Å². The normalized spacial score (nSPS) is 12.5. The lowest BCUT2D eigenvalue weighted by atomic mass is 10.0. The Morgan fingerprint density at radius 2 is 0.605 bits per heavy atom. The minimum atomic E-state index is -0.844. The zero-order valence-corrected chi connectivity index (χ0v) is 51.8. The summed E-state index contributed by atoms with van der Waals surface area (Å²) in [7, 11) is 0. The summed E-state index contributed by atoms with van der Waals surface area (Å²) in [6.45, 7) is 4.95. The first-order valence-corrected chi connectivity index (χ1v) is 35.0. The molecule has 2 atom stereocenters. The molecule has 0 aromatic heterocycles. The van der Waals surface area contributed by atoms with Crippen LogP contribution in [-0.4, -0.2) is 47.4 Å². The van der Waals surface area contributed by atoms with Gasteiger partial charge < -0.3 is 20.3 Å². The first-order valence-electron chi connectivity index (χ1n) is 35.0. The topological polar surface area (TPSA) is 95.9 Å². The van der Waals surface area contributed by atoms with E-state index in [0.717, 1.165) is 38.5 Å². The van der Waals surface area contributed by atoms with Crippen molar-refractivity contribution >= 4 is 11.9 Å². The fourth-order valence-electron chi connectivity index (χ4n) is 11.2. The van der Waals surface area contributed by atoms with Crippen LogP contribution >= 0.6 is 0 Å². The summed E-state index contributed by atoms with van der Waals surface area (Å²) < 4.78 is 5.48. The summed E-state index contributed by atoms with van der Waals surface area (Å²) in [6, 6.07) is -0.627. The van der Waals surface area contributed by atoms with Crippen LogP contribution in [0.15, 0.2) is 12.2 Å². The molecule has 0 rings (SSSR count). The lowest BCUT2D eigenvalue weighted by Gasteiger charge is -2.20. The third-order valence-corrected chi connectivity index (χ3v) is 16.6. The van der Waals surface area contributed by atoms with E-state index in [4.69, 9.17) is 4.74 Å². The van der Waals surface area contributed by atoms with Crippen molar-refractivity contribution in [2.45, 2.75) is 411 Å². The van der Waals surface area contributed by atoms with E-state index in [0.29, 0.717) is 19.4 Å². The highest BCUT2D eigenvalue weighted by molar-refractivity contribution is 5.76. The summed E-state index contributed by atoms with van der Waals surface area (Å²) in [5, 5.41) is 23.3. The van der Waals surface area contributed by atoms with Crippen molar-refractivity contribution in [3.8, 4) is 0 Å². The Hall–Kier alpha value is -1.40. The molecule has 0 aliphatic heterocycles. The number of amides is 1. The smallest absolute Gasteiger partial charge is 0.305 e. The van der Waals surface area contributed by atoms with Gasteiger partial charge >= 0.3 is 5.97 Å². The number of carbonyl (C=O) groups is 2. The Bertz CT molecular complexity index is 1140. The van der Waals surface area contributed by atoms with Crippen molar-refractivity contribution in [1.82, 2.24) is 5.32 Å². The molecule has 452 valence electrons. The number of hydrogen-bond acceptors (Lipinski definition) is 5. The van der Waals surface area contributed by atoms with E-state index in [9.17, 15) is 19.8 Å². The average molecular weight is 1070 g/mol. The van der Waals surface area contributed by atoms with Crippen molar-refractivity contribution in [1.29, 1.82) is 0 Å². The minimum absolute atomic E-state index is 0.0176. The average Bonchev–Trinajstić information content (AvgIpc) is 3.42. The van der Waals surface area contributed by atoms with Crippen molar-refractivity contribution in [2.75, 3.05) is 13.2 Å². The molecular formula is C70H137NO5. The van der Waals surface area contributed by atoms with Crippen LogP contribution in [0.5, 0.6) is 0 Å². The number of carbonyl (C=O) groups excluding carboxylic acids is 2. The molecule has 0 aromatic rings. The van der Waals surface area contributed by atoms with Crippen LogP contribution in [0.2, 0.25) is 0 Å². The van der Waals surface area contributed by atoms with E-state index in [1.807, 2.05) is 6.08 Å². The van der Waals surface area contributed by atoms with E-state index in [1.165, 1.54) is 334 Å². The Balaban J connectivity index is 3.39. The highest BCUT2D eigenvalue weighted by atomic mass is 16.5. The van der Waals surface area contributed by atoms with Crippen molar-refractivity contribution in [3.05, 3.63) is 12.2 Å². The number of allylic oxidation sites excluding steroid dienone is 1. The van der Waals surface area contributed by atoms with Crippen LogP contribution in [0.4, 0.5) is 0 Å². The maximum atomic E-state index is 12.5. The first-order chi connectivity index (χ1) is 37.5. The van der Waals surface area contributed by atoms with Gasteiger partial charge in [-0.1, -0.05) is 366 Å². The molecule has 0 fully saturated rings. The fourth-order valence-corrected chi connectivity index (χ4v) is 11.2. The molecule has 0 saturated carbocycles. The summed E-state index contributed by atoms with van der Waals surface area (Å²) in [6.07, 6.45) is 81.4. The number of rotatable bonds is 66. The molecular weight excluding hydrogens is 935 g/mol. The van der Waals surface area contributed by atoms with E-state index in [2.05, 4.69) is 19.2 Å². The van der Waals surface area contributed by atoms with Crippen LogP contribution in [0.25, 0.3) is 0 Å². The van der Waals surface area contributed by atoms with E-state index in [1.54, 1.807) is 6.08 Å². The maximum absolute atomic E-state index is 12.5. The van der Waals surface area contributed by atoms with Gasteiger partial charge in [-0.3, -0.25) is 9.59 Å². The van der Waals surface area contributed by atoms with Gasteiger partial charge in [0.25, 0.3) is 0 Å². The molecule has 0 spiro atoms. The Morgan fingerprint density at radius 1 is 0.355 bits per heavy atom. The second kappa shape index (κ2) is 66.1. The van der Waals surface area contributed by atoms with Crippen LogP contribution in [-0.2, 0) is 14.3 Å². The molecule has 2 unspecified atom stereocenters. The molecule has 3 N–H and O–H groups in total. The molecule has 6 heteroatoms. The summed E-state index contributed by atoms with van der Waals surface area (Å²) >= 11 is 0.